The van der Waals surface area contributed by atoms with Crippen molar-refractivity contribution in [2.45, 2.75) is 39.7 Å². The largest absolute Gasteiger partial charge is 0.337 e. The van der Waals surface area contributed by atoms with Gasteiger partial charge in [0.05, 0.1) is 6.04 Å². The van der Waals surface area contributed by atoms with Crippen molar-refractivity contribution < 1.29 is 0 Å². The molecule has 0 spiro atoms. The number of H-pyrrole nitrogens is 1. The zero-order valence-electron chi connectivity index (χ0n) is 10.7. The molecule has 0 saturated heterocycles. The summed E-state index contributed by atoms with van der Waals surface area (Å²) in [6.07, 6.45) is 2.03. The smallest absolute Gasteiger partial charge is 0.177 e. The molecule has 2 heterocycles. The molecule has 0 aliphatic heterocycles. The van der Waals surface area contributed by atoms with Crippen LogP contribution >= 0.6 is 23.6 Å². The van der Waals surface area contributed by atoms with Gasteiger partial charge < -0.3 is 9.55 Å². The lowest BCUT2D eigenvalue weighted by Gasteiger charge is -2.17. The van der Waals surface area contributed by atoms with E-state index in [1.807, 2.05) is 17.5 Å². The molecule has 2 aromatic heterocycles. The van der Waals surface area contributed by atoms with E-state index in [4.69, 9.17) is 12.2 Å². The van der Waals surface area contributed by atoms with Crippen LogP contribution in [0.3, 0.4) is 0 Å². The van der Waals surface area contributed by atoms with E-state index in [1.54, 1.807) is 0 Å². The van der Waals surface area contributed by atoms with Gasteiger partial charge in [-0.2, -0.15) is 0 Å². The molecule has 1 N–H and O–H groups in total. The van der Waals surface area contributed by atoms with Gasteiger partial charge in [-0.25, -0.2) is 0 Å². The lowest BCUT2D eigenvalue weighted by atomic mass is 10.1. The molecule has 4 heteroatoms. The number of hydrogen-bond acceptors (Lipinski definition) is 2. The van der Waals surface area contributed by atoms with E-state index in [9.17, 15) is 0 Å². The molecule has 0 bridgehead atoms. The lowest BCUT2D eigenvalue weighted by molar-refractivity contribution is 0.590. The molecular weight excluding hydrogens is 248 g/mol. The van der Waals surface area contributed by atoms with Gasteiger partial charge in [0.15, 0.2) is 4.77 Å². The Morgan fingerprint density at radius 3 is 2.53 bits per heavy atom. The first kappa shape index (κ1) is 12.6. The molecule has 0 aliphatic carbocycles. The predicted molar refractivity (Wildman–Crippen MR) is 76.6 cm³/mol. The highest BCUT2D eigenvalue weighted by Gasteiger charge is 2.16. The summed E-state index contributed by atoms with van der Waals surface area (Å²) in [7, 11) is 0. The maximum atomic E-state index is 5.39. The first-order valence-electron chi connectivity index (χ1n) is 5.87. The van der Waals surface area contributed by atoms with Crippen LogP contribution in [0.2, 0.25) is 0 Å². The van der Waals surface area contributed by atoms with Crippen LogP contribution < -0.4 is 0 Å². The summed E-state index contributed by atoms with van der Waals surface area (Å²) in [5.41, 5.74) is 1.27. The van der Waals surface area contributed by atoms with E-state index in [-0.39, 0.29) is 0 Å². The second-order valence-corrected chi connectivity index (χ2v) is 6.37. The van der Waals surface area contributed by atoms with Gasteiger partial charge >= 0.3 is 0 Å². The van der Waals surface area contributed by atoms with Gasteiger partial charge in [-0.1, -0.05) is 13.8 Å². The molecule has 1 unspecified atom stereocenters. The van der Waals surface area contributed by atoms with Crippen molar-refractivity contribution in [3.05, 3.63) is 38.5 Å². The molecule has 0 aliphatic rings. The summed E-state index contributed by atoms with van der Waals surface area (Å²) in [6, 6.07) is 4.68. The third kappa shape index (κ3) is 2.38. The topological polar surface area (TPSA) is 20.7 Å². The number of rotatable bonds is 3. The lowest BCUT2D eigenvalue weighted by Crippen LogP contribution is -2.10. The monoisotopic (exact) mass is 266 g/mol. The number of hydrogen-bond donors (Lipinski definition) is 1. The molecular formula is C13H18N2S2. The number of nitrogens with zero attached hydrogens (tertiary/aromatic N) is 1. The van der Waals surface area contributed by atoms with Gasteiger partial charge in [-0.3, -0.25) is 0 Å². The van der Waals surface area contributed by atoms with Crippen LogP contribution in [-0.2, 0) is 0 Å². The zero-order valence-corrected chi connectivity index (χ0v) is 12.3. The minimum absolute atomic E-state index is 0.310. The molecule has 2 aromatic rings. The quantitative estimate of drug-likeness (QED) is 0.802. The average Bonchev–Trinajstić information content (AvgIpc) is 2.83. The number of thiophene rings is 1. The van der Waals surface area contributed by atoms with Gasteiger partial charge in [0.25, 0.3) is 0 Å². The third-order valence-electron chi connectivity index (χ3n) is 2.99. The number of imidazole rings is 1. The Morgan fingerprint density at radius 2 is 2.00 bits per heavy atom. The minimum atomic E-state index is 0.310. The molecule has 0 saturated carbocycles. The van der Waals surface area contributed by atoms with Crippen LogP contribution in [0.15, 0.2) is 18.3 Å². The molecule has 2 rings (SSSR count). The highest BCUT2D eigenvalue weighted by molar-refractivity contribution is 7.71. The number of aryl methyl sites for hydroxylation is 1. The first-order chi connectivity index (χ1) is 8.00. The van der Waals surface area contributed by atoms with Crippen LogP contribution in [0, 0.1) is 11.7 Å². The van der Waals surface area contributed by atoms with E-state index < -0.39 is 0 Å². The van der Waals surface area contributed by atoms with Crippen molar-refractivity contribution in [3.63, 3.8) is 0 Å². The number of aromatic amines is 1. The fourth-order valence-corrected chi connectivity index (χ4v) is 3.28. The molecule has 0 fully saturated rings. The summed E-state index contributed by atoms with van der Waals surface area (Å²) >= 11 is 7.23. The Balaban J connectivity index is 2.46. The van der Waals surface area contributed by atoms with E-state index >= 15 is 0 Å². The highest BCUT2D eigenvalue weighted by atomic mass is 32.1. The van der Waals surface area contributed by atoms with Crippen molar-refractivity contribution in [3.8, 4) is 0 Å². The molecule has 2 nitrogen and oxygen atoms in total. The summed E-state index contributed by atoms with van der Waals surface area (Å²) in [4.78, 5) is 5.87. The van der Waals surface area contributed by atoms with Crippen molar-refractivity contribution in [2.24, 2.45) is 0 Å². The summed E-state index contributed by atoms with van der Waals surface area (Å²) in [6.45, 7) is 8.74. The summed E-state index contributed by atoms with van der Waals surface area (Å²) in [5, 5.41) is 0. The van der Waals surface area contributed by atoms with Crippen LogP contribution in [0.25, 0.3) is 0 Å². The van der Waals surface area contributed by atoms with E-state index in [0.717, 1.165) is 4.77 Å². The van der Waals surface area contributed by atoms with Crippen molar-refractivity contribution in [1.82, 2.24) is 9.55 Å². The Kier molecular flexibility index (Phi) is 3.54. The van der Waals surface area contributed by atoms with Crippen molar-refractivity contribution in [1.29, 1.82) is 0 Å². The first-order valence-corrected chi connectivity index (χ1v) is 7.09. The summed E-state index contributed by atoms with van der Waals surface area (Å²) < 4.78 is 3.04. The van der Waals surface area contributed by atoms with Gasteiger partial charge in [0, 0.05) is 21.6 Å². The Bertz CT molecular complexity index is 560. The Hall–Kier alpha value is -0.870. The maximum Gasteiger partial charge on any atom is 0.177 e. The highest BCUT2D eigenvalue weighted by Crippen LogP contribution is 2.29. The minimum Gasteiger partial charge on any atom is -0.337 e. The van der Waals surface area contributed by atoms with Gasteiger partial charge in [-0.05, 0) is 44.1 Å². The molecule has 0 radical (unpaired) electrons. The van der Waals surface area contributed by atoms with Crippen LogP contribution in [0.5, 0.6) is 0 Å². The SMILES string of the molecule is Cc1ccc(C(C)n2c(C(C)C)c[nH]c2=S)s1. The zero-order chi connectivity index (χ0) is 12.6. The van der Waals surface area contributed by atoms with E-state index in [0.29, 0.717) is 12.0 Å². The third-order valence-corrected chi connectivity index (χ3v) is 4.48. The molecule has 0 aromatic carbocycles. The molecule has 1 atom stereocenters. The molecule has 17 heavy (non-hydrogen) atoms. The Morgan fingerprint density at radius 1 is 1.29 bits per heavy atom. The fourth-order valence-electron chi connectivity index (χ4n) is 2.04. The number of aromatic nitrogens is 2. The Labute approximate surface area is 111 Å². The summed E-state index contributed by atoms with van der Waals surface area (Å²) in [5.74, 6) is 0.478. The molecule has 0 amide bonds. The average molecular weight is 266 g/mol. The van der Waals surface area contributed by atoms with Crippen molar-refractivity contribution in [2.75, 3.05) is 0 Å². The second kappa shape index (κ2) is 4.78. The van der Waals surface area contributed by atoms with E-state index in [1.165, 1.54) is 15.4 Å². The molecule has 92 valence electrons. The normalized spacial score (nSPS) is 13.2. The fraction of sp³-hybridized carbons (Fsp3) is 0.462. The number of nitrogens with one attached hydrogen (secondary N) is 1. The van der Waals surface area contributed by atoms with Crippen molar-refractivity contribution >= 4 is 23.6 Å². The van der Waals surface area contributed by atoms with Gasteiger partial charge in [0.2, 0.25) is 0 Å². The van der Waals surface area contributed by atoms with Gasteiger partial charge in [-0.15, -0.1) is 11.3 Å². The predicted octanol–water partition coefficient (Wildman–Crippen LogP) is 4.65. The second-order valence-electron chi connectivity index (χ2n) is 4.67. The van der Waals surface area contributed by atoms with E-state index in [2.05, 4.69) is 49.4 Å². The van der Waals surface area contributed by atoms with Crippen LogP contribution in [-0.4, -0.2) is 9.55 Å². The standard InChI is InChI=1S/C13H18N2S2/c1-8(2)11-7-14-13(16)15(11)10(4)12-6-5-9(3)17-12/h5-8,10H,1-4H3,(H,14,16). The maximum absolute atomic E-state index is 5.39. The van der Waals surface area contributed by atoms with Gasteiger partial charge in [0.1, 0.15) is 0 Å². The van der Waals surface area contributed by atoms with Crippen LogP contribution in [0.1, 0.15) is 48.2 Å². The van der Waals surface area contributed by atoms with Crippen LogP contribution in [0.4, 0.5) is 0 Å².